The van der Waals surface area contributed by atoms with Gasteiger partial charge in [-0.15, -0.1) is 0 Å². The van der Waals surface area contributed by atoms with Crippen LogP contribution < -0.4 is 0 Å². The van der Waals surface area contributed by atoms with E-state index in [1.54, 1.807) is 6.07 Å². The fourth-order valence-corrected chi connectivity index (χ4v) is 1.89. The Hall–Kier alpha value is -2.03. The first kappa shape index (κ1) is 12.4. The summed E-state index contributed by atoms with van der Waals surface area (Å²) < 4.78 is 4.96. The molecule has 1 aromatic carbocycles. The highest BCUT2D eigenvalue weighted by Crippen LogP contribution is 2.13. The van der Waals surface area contributed by atoms with Gasteiger partial charge in [0.2, 0.25) is 0 Å². The number of amides is 1. The molecule has 0 aliphatic heterocycles. The molecule has 0 atom stereocenters. The monoisotopic (exact) mass is 243 g/mol. The summed E-state index contributed by atoms with van der Waals surface area (Å²) in [6.45, 7) is 5.35. The van der Waals surface area contributed by atoms with Crippen molar-refractivity contribution in [1.29, 1.82) is 0 Å². The van der Waals surface area contributed by atoms with Crippen LogP contribution in [-0.2, 0) is 6.54 Å². The third kappa shape index (κ3) is 2.62. The van der Waals surface area contributed by atoms with Crippen LogP contribution in [-0.4, -0.2) is 17.4 Å². The Balaban J connectivity index is 2.15. The van der Waals surface area contributed by atoms with Gasteiger partial charge in [0.25, 0.3) is 5.91 Å². The van der Waals surface area contributed by atoms with E-state index < -0.39 is 0 Å². The van der Waals surface area contributed by atoms with Gasteiger partial charge in [-0.2, -0.15) is 0 Å². The maximum absolute atomic E-state index is 12.2. The molecular formula is C15H17NO2. The topological polar surface area (TPSA) is 33.5 Å². The van der Waals surface area contributed by atoms with Crippen LogP contribution in [0.3, 0.4) is 0 Å². The summed E-state index contributed by atoms with van der Waals surface area (Å²) in [5, 5.41) is 0. The van der Waals surface area contributed by atoms with Crippen LogP contribution in [0.1, 0.15) is 28.4 Å². The lowest BCUT2D eigenvalue weighted by molar-refractivity contribution is 0.0751. The fraction of sp³-hybridized carbons (Fsp3) is 0.267. The number of rotatable bonds is 4. The molecule has 2 aromatic rings. The average molecular weight is 243 g/mol. The van der Waals surface area contributed by atoms with Crippen molar-refractivity contribution in [3.63, 3.8) is 0 Å². The average Bonchev–Trinajstić information content (AvgIpc) is 2.91. The zero-order chi connectivity index (χ0) is 13.0. The van der Waals surface area contributed by atoms with Gasteiger partial charge < -0.3 is 9.32 Å². The number of furan rings is 1. The second-order valence-corrected chi connectivity index (χ2v) is 4.26. The molecule has 0 saturated carbocycles. The molecule has 94 valence electrons. The zero-order valence-electron chi connectivity index (χ0n) is 10.7. The van der Waals surface area contributed by atoms with E-state index in [-0.39, 0.29) is 5.91 Å². The first-order valence-electron chi connectivity index (χ1n) is 6.08. The molecule has 0 bridgehead atoms. The quantitative estimate of drug-likeness (QED) is 0.826. The van der Waals surface area contributed by atoms with Crippen LogP contribution in [0, 0.1) is 6.92 Å². The normalized spacial score (nSPS) is 10.3. The summed E-state index contributed by atoms with van der Waals surface area (Å²) in [5.41, 5.74) is 2.98. The van der Waals surface area contributed by atoms with E-state index in [0.29, 0.717) is 18.7 Å². The van der Waals surface area contributed by atoms with Gasteiger partial charge in [0, 0.05) is 13.1 Å². The van der Waals surface area contributed by atoms with Gasteiger partial charge >= 0.3 is 0 Å². The number of benzene rings is 1. The highest BCUT2D eigenvalue weighted by Gasteiger charge is 2.15. The van der Waals surface area contributed by atoms with Gasteiger partial charge in [-0.05, 0) is 31.0 Å². The van der Waals surface area contributed by atoms with E-state index in [0.717, 1.165) is 0 Å². The van der Waals surface area contributed by atoms with Gasteiger partial charge in [0.1, 0.15) is 6.26 Å². The van der Waals surface area contributed by atoms with Crippen molar-refractivity contribution >= 4 is 5.91 Å². The predicted octanol–water partition coefficient (Wildman–Crippen LogP) is 3.25. The van der Waals surface area contributed by atoms with Crippen LogP contribution in [0.2, 0.25) is 0 Å². The fourth-order valence-electron chi connectivity index (χ4n) is 1.89. The Kier molecular flexibility index (Phi) is 3.82. The molecule has 1 aromatic heterocycles. The summed E-state index contributed by atoms with van der Waals surface area (Å²) in [6.07, 6.45) is 3.01. The van der Waals surface area contributed by atoms with Crippen LogP contribution in [0.15, 0.2) is 47.3 Å². The van der Waals surface area contributed by atoms with E-state index in [9.17, 15) is 4.79 Å². The highest BCUT2D eigenvalue weighted by atomic mass is 16.3. The number of carbonyl (C=O) groups excluding carboxylic acids is 1. The van der Waals surface area contributed by atoms with Gasteiger partial charge in [-0.1, -0.05) is 24.3 Å². The van der Waals surface area contributed by atoms with E-state index in [1.165, 1.54) is 23.7 Å². The standard InChI is InChI=1S/C15H17NO2/c1-3-16(15(17)14-8-9-18-11-14)10-13-7-5-4-6-12(13)2/h4-9,11H,3,10H2,1-2H3. The Bertz CT molecular complexity index is 517. The van der Waals surface area contributed by atoms with Gasteiger partial charge in [-0.3, -0.25) is 4.79 Å². The van der Waals surface area contributed by atoms with Gasteiger partial charge in [0.05, 0.1) is 11.8 Å². The molecule has 0 saturated heterocycles. The van der Waals surface area contributed by atoms with Crippen LogP contribution in [0.5, 0.6) is 0 Å². The Morgan fingerprint density at radius 2 is 2.06 bits per heavy atom. The molecule has 0 aliphatic rings. The molecule has 0 radical (unpaired) electrons. The van der Waals surface area contributed by atoms with E-state index in [4.69, 9.17) is 4.42 Å². The Labute approximate surface area is 107 Å². The molecule has 0 N–H and O–H groups in total. The van der Waals surface area contributed by atoms with Crippen LogP contribution in [0.25, 0.3) is 0 Å². The summed E-state index contributed by atoms with van der Waals surface area (Å²) in [6, 6.07) is 9.82. The summed E-state index contributed by atoms with van der Waals surface area (Å²) in [5.74, 6) is 0.00880. The third-order valence-electron chi connectivity index (χ3n) is 3.06. The Morgan fingerprint density at radius 1 is 1.28 bits per heavy atom. The molecule has 0 spiro atoms. The van der Waals surface area contributed by atoms with Gasteiger partial charge in [0.15, 0.2) is 0 Å². The second-order valence-electron chi connectivity index (χ2n) is 4.26. The highest BCUT2D eigenvalue weighted by molar-refractivity contribution is 5.93. The lowest BCUT2D eigenvalue weighted by Gasteiger charge is -2.21. The summed E-state index contributed by atoms with van der Waals surface area (Å²) in [4.78, 5) is 14.0. The lowest BCUT2D eigenvalue weighted by Crippen LogP contribution is -2.30. The maximum Gasteiger partial charge on any atom is 0.257 e. The van der Waals surface area contributed by atoms with Gasteiger partial charge in [-0.25, -0.2) is 0 Å². The van der Waals surface area contributed by atoms with Crippen LogP contribution >= 0.6 is 0 Å². The largest absolute Gasteiger partial charge is 0.472 e. The van der Waals surface area contributed by atoms with Crippen molar-refractivity contribution in [1.82, 2.24) is 4.90 Å². The van der Waals surface area contributed by atoms with Crippen molar-refractivity contribution < 1.29 is 9.21 Å². The number of aryl methyl sites for hydroxylation is 1. The van der Waals surface area contributed by atoms with Crippen LogP contribution in [0.4, 0.5) is 0 Å². The molecule has 0 aliphatic carbocycles. The van der Waals surface area contributed by atoms with E-state index >= 15 is 0 Å². The molecule has 0 unspecified atom stereocenters. The summed E-state index contributed by atoms with van der Waals surface area (Å²) >= 11 is 0. The minimum Gasteiger partial charge on any atom is -0.472 e. The first-order chi connectivity index (χ1) is 8.72. The smallest absolute Gasteiger partial charge is 0.257 e. The van der Waals surface area contributed by atoms with E-state index in [2.05, 4.69) is 19.1 Å². The van der Waals surface area contributed by atoms with Crippen molar-refractivity contribution in [2.75, 3.05) is 6.54 Å². The molecule has 0 fully saturated rings. The lowest BCUT2D eigenvalue weighted by atomic mass is 10.1. The third-order valence-corrected chi connectivity index (χ3v) is 3.06. The predicted molar refractivity (Wildman–Crippen MR) is 70.3 cm³/mol. The molecule has 18 heavy (non-hydrogen) atoms. The maximum atomic E-state index is 12.2. The molecule has 3 heteroatoms. The summed E-state index contributed by atoms with van der Waals surface area (Å²) in [7, 11) is 0. The van der Waals surface area contributed by atoms with Crippen molar-refractivity contribution in [3.05, 3.63) is 59.5 Å². The molecule has 1 amide bonds. The molecular weight excluding hydrogens is 226 g/mol. The molecule has 3 nitrogen and oxygen atoms in total. The van der Waals surface area contributed by atoms with Crippen molar-refractivity contribution in [3.8, 4) is 0 Å². The Morgan fingerprint density at radius 3 is 2.67 bits per heavy atom. The number of carbonyl (C=O) groups is 1. The SMILES string of the molecule is CCN(Cc1ccccc1C)C(=O)c1ccoc1. The van der Waals surface area contributed by atoms with Crippen molar-refractivity contribution in [2.45, 2.75) is 20.4 Å². The molecule has 2 rings (SSSR count). The second kappa shape index (κ2) is 5.54. The van der Waals surface area contributed by atoms with Crippen molar-refractivity contribution in [2.24, 2.45) is 0 Å². The molecule has 1 heterocycles. The number of hydrogen-bond acceptors (Lipinski definition) is 2. The number of hydrogen-bond donors (Lipinski definition) is 0. The minimum absolute atomic E-state index is 0.00880. The van der Waals surface area contributed by atoms with E-state index in [1.807, 2.05) is 24.0 Å². The zero-order valence-corrected chi connectivity index (χ0v) is 10.7. The number of nitrogens with zero attached hydrogens (tertiary/aromatic N) is 1. The first-order valence-corrected chi connectivity index (χ1v) is 6.08. The minimum atomic E-state index is 0.00880.